The standard InChI is InChI=1S/C21H24N2O2S/c1-5-25-16-12-10-15(11-13-16)23-18-9-7-6-8-17(18)22-20(23)26-14-19(24)21(2,3)4/h6-13H,5,14H2,1-4H3. The number of ketones is 1. The molecule has 1 aromatic heterocycles. The van der Waals surface area contributed by atoms with Crippen LogP contribution in [-0.4, -0.2) is 27.7 Å². The predicted molar refractivity (Wildman–Crippen MR) is 107 cm³/mol. The minimum atomic E-state index is -0.344. The van der Waals surface area contributed by atoms with Gasteiger partial charge in [-0.1, -0.05) is 44.7 Å². The van der Waals surface area contributed by atoms with E-state index in [0.29, 0.717) is 12.4 Å². The van der Waals surface area contributed by atoms with Crippen LogP contribution >= 0.6 is 11.8 Å². The molecule has 0 saturated heterocycles. The highest BCUT2D eigenvalue weighted by atomic mass is 32.2. The number of ether oxygens (including phenoxy) is 1. The second kappa shape index (κ2) is 7.54. The average Bonchev–Trinajstić information content (AvgIpc) is 2.98. The summed E-state index contributed by atoms with van der Waals surface area (Å²) in [4.78, 5) is 17.1. The molecule has 4 nitrogen and oxygen atoms in total. The Kier molecular flexibility index (Phi) is 5.37. The zero-order valence-electron chi connectivity index (χ0n) is 15.7. The Morgan fingerprint density at radius 2 is 1.81 bits per heavy atom. The number of Topliss-reactive ketones (excluding diaryl/α,β-unsaturated/α-hetero) is 1. The number of hydrogen-bond donors (Lipinski definition) is 0. The van der Waals surface area contributed by atoms with Gasteiger partial charge in [0.05, 0.1) is 23.4 Å². The van der Waals surface area contributed by atoms with Crippen molar-refractivity contribution in [2.24, 2.45) is 5.41 Å². The number of benzene rings is 2. The molecular weight excluding hydrogens is 344 g/mol. The van der Waals surface area contributed by atoms with E-state index in [1.165, 1.54) is 11.8 Å². The van der Waals surface area contributed by atoms with E-state index >= 15 is 0 Å². The highest BCUT2D eigenvalue weighted by Gasteiger charge is 2.22. The largest absolute Gasteiger partial charge is 0.494 e. The van der Waals surface area contributed by atoms with Gasteiger partial charge in [0.25, 0.3) is 0 Å². The monoisotopic (exact) mass is 368 g/mol. The van der Waals surface area contributed by atoms with Crippen LogP contribution in [0.4, 0.5) is 0 Å². The molecule has 0 unspecified atom stereocenters. The number of aromatic nitrogens is 2. The Morgan fingerprint density at radius 3 is 2.46 bits per heavy atom. The number of para-hydroxylation sites is 2. The lowest BCUT2D eigenvalue weighted by Crippen LogP contribution is -2.22. The van der Waals surface area contributed by atoms with E-state index in [9.17, 15) is 4.79 Å². The third-order valence-electron chi connectivity index (χ3n) is 4.10. The van der Waals surface area contributed by atoms with E-state index in [2.05, 4.69) is 10.6 Å². The summed E-state index contributed by atoms with van der Waals surface area (Å²) in [6.45, 7) is 8.46. The van der Waals surface area contributed by atoms with Crippen LogP contribution < -0.4 is 4.74 Å². The molecule has 0 N–H and O–H groups in total. The molecule has 0 radical (unpaired) electrons. The number of carbonyl (C=O) groups is 1. The van der Waals surface area contributed by atoms with Crippen molar-refractivity contribution in [1.82, 2.24) is 9.55 Å². The van der Waals surface area contributed by atoms with E-state index in [-0.39, 0.29) is 11.2 Å². The highest BCUT2D eigenvalue weighted by molar-refractivity contribution is 7.99. The molecule has 0 fully saturated rings. The van der Waals surface area contributed by atoms with Crippen molar-refractivity contribution in [2.75, 3.05) is 12.4 Å². The summed E-state index contributed by atoms with van der Waals surface area (Å²) in [5.74, 6) is 1.47. The topological polar surface area (TPSA) is 44.1 Å². The van der Waals surface area contributed by atoms with Gasteiger partial charge >= 0.3 is 0 Å². The van der Waals surface area contributed by atoms with Gasteiger partial charge in [-0.3, -0.25) is 9.36 Å². The van der Waals surface area contributed by atoms with Gasteiger partial charge in [0.15, 0.2) is 5.16 Å². The molecule has 0 bridgehead atoms. The van der Waals surface area contributed by atoms with Gasteiger partial charge in [0, 0.05) is 11.1 Å². The Labute approximate surface area is 158 Å². The molecular formula is C21H24N2O2S. The van der Waals surface area contributed by atoms with E-state index in [1.807, 2.05) is 70.2 Å². The second-order valence-corrected chi connectivity index (χ2v) is 8.05. The lowest BCUT2D eigenvalue weighted by Gasteiger charge is -2.16. The second-order valence-electron chi connectivity index (χ2n) is 7.11. The maximum Gasteiger partial charge on any atom is 0.174 e. The molecule has 1 heterocycles. The molecule has 136 valence electrons. The zero-order chi connectivity index (χ0) is 18.7. The number of carbonyl (C=O) groups excluding carboxylic acids is 1. The molecule has 0 atom stereocenters. The van der Waals surface area contributed by atoms with Crippen molar-refractivity contribution in [1.29, 1.82) is 0 Å². The molecule has 0 aliphatic rings. The first kappa shape index (κ1) is 18.5. The first-order chi connectivity index (χ1) is 12.4. The molecule has 5 heteroatoms. The number of hydrogen-bond acceptors (Lipinski definition) is 4. The third kappa shape index (κ3) is 3.93. The van der Waals surface area contributed by atoms with E-state index in [4.69, 9.17) is 9.72 Å². The van der Waals surface area contributed by atoms with Crippen molar-refractivity contribution in [3.8, 4) is 11.4 Å². The first-order valence-electron chi connectivity index (χ1n) is 8.77. The molecule has 0 spiro atoms. The summed E-state index contributed by atoms with van der Waals surface area (Å²) in [5, 5.41) is 0.827. The number of thioether (sulfide) groups is 1. The Hall–Kier alpha value is -2.27. The lowest BCUT2D eigenvalue weighted by atomic mass is 9.92. The molecule has 2 aromatic carbocycles. The molecule has 0 aliphatic carbocycles. The van der Waals surface area contributed by atoms with Crippen molar-refractivity contribution >= 4 is 28.6 Å². The maximum atomic E-state index is 12.3. The van der Waals surface area contributed by atoms with Gasteiger partial charge < -0.3 is 4.74 Å². The first-order valence-corrected chi connectivity index (χ1v) is 9.75. The summed E-state index contributed by atoms with van der Waals surface area (Å²) in [6, 6.07) is 16.0. The Morgan fingerprint density at radius 1 is 1.12 bits per heavy atom. The van der Waals surface area contributed by atoms with Crippen molar-refractivity contribution in [3.63, 3.8) is 0 Å². The van der Waals surface area contributed by atoms with E-state index < -0.39 is 0 Å². The van der Waals surface area contributed by atoms with Gasteiger partial charge in [0.2, 0.25) is 0 Å². The highest BCUT2D eigenvalue weighted by Crippen LogP contribution is 2.30. The molecule has 0 aliphatic heterocycles. The SMILES string of the molecule is CCOc1ccc(-n2c(SCC(=O)C(C)(C)C)nc3ccccc32)cc1. The van der Waals surface area contributed by atoms with Crippen molar-refractivity contribution in [3.05, 3.63) is 48.5 Å². The summed E-state index contributed by atoms with van der Waals surface area (Å²) >= 11 is 1.49. The molecule has 0 amide bonds. The predicted octanol–water partition coefficient (Wildman–Crippen LogP) is 5.13. The van der Waals surface area contributed by atoms with Gasteiger partial charge in [0.1, 0.15) is 11.5 Å². The summed E-state index contributed by atoms with van der Waals surface area (Å²) < 4.78 is 7.64. The summed E-state index contributed by atoms with van der Waals surface area (Å²) in [7, 11) is 0. The molecule has 3 aromatic rings. The lowest BCUT2D eigenvalue weighted by molar-refractivity contribution is -0.123. The maximum absolute atomic E-state index is 12.3. The molecule has 26 heavy (non-hydrogen) atoms. The number of rotatable bonds is 6. The van der Waals surface area contributed by atoms with Crippen LogP contribution in [0.5, 0.6) is 5.75 Å². The molecule has 3 rings (SSSR count). The fourth-order valence-electron chi connectivity index (χ4n) is 2.55. The van der Waals surface area contributed by atoms with Crippen LogP contribution in [0.15, 0.2) is 53.7 Å². The van der Waals surface area contributed by atoms with E-state index in [1.54, 1.807) is 0 Å². The average molecular weight is 369 g/mol. The zero-order valence-corrected chi connectivity index (χ0v) is 16.5. The van der Waals surface area contributed by atoms with Gasteiger partial charge in [-0.15, -0.1) is 0 Å². The fourth-order valence-corrected chi connectivity index (χ4v) is 3.74. The molecule has 0 saturated carbocycles. The van der Waals surface area contributed by atoms with Crippen LogP contribution in [0.3, 0.4) is 0 Å². The number of imidazole rings is 1. The smallest absolute Gasteiger partial charge is 0.174 e. The Bertz CT molecular complexity index is 908. The van der Waals surface area contributed by atoms with Crippen LogP contribution in [-0.2, 0) is 4.79 Å². The minimum Gasteiger partial charge on any atom is -0.494 e. The van der Waals surface area contributed by atoms with Crippen LogP contribution in [0.2, 0.25) is 0 Å². The van der Waals surface area contributed by atoms with Crippen LogP contribution in [0.1, 0.15) is 27.7 Å². The fraction of sp³-hybridized carbons (Fsp3) is 0.333. The van der Waals surface area contributed by atoms with Crippen molar-refractivity contribution < 1.29 is 9.53 Å². The minimum absolute atomic E-state index is 0.216. The van der Waals surface area contributed by atoms with Gasteiger partial charge in [-0.25, -0.2) is 4.98 Å². The normalized spacial score (nSPS) is 11.7. The van der Waals surface area contributed by atoms with Crippen molar-refractivity contribution in [2.45, 2.75) is 32.9 Å². The van der Waals surface area contributed by atoms with E-state index in [0.717, 1.165) is 27.6 Å². The van der Waals surface area contributed by atoms with Gasteiger partial charge in [-0.05, 0) is 43.3 Å². The number of fused-ring (bicyclic) bond motifs is 1. The third-order valence-corrected chi connectivity index (χ3v) is 5.04. The van der Waals surface area contributed by atoms with Gasteiger partial charge in [-0.2, -0.15) is 0 Å². The summed E-state index contributed by atoms with van der Waals surface area (Å²) in [6.07, 6.45) is 0. The quantitative estimate of drug-likeness (QED) is 0.566. The van der Waals surface area contributed by atoms with Crippen LogP contribution in [0, 0.1) is 5.41 Å². The number of nitrogens with zero attached hydrogens (tertiary/aromatic N) is 2. The van der Waals surface area contributed by atoms with Crippen LogP contribution in [0.25, 0.3) is 16.7 Å². The Balaban J connectivity index is 1.98. The summed E-state index contributed by atoms with van der Waals surface area (Å²) in [5.41, 5.74) is 2.62.